The summed E-state index contributed by atoms with van der Waals surface area (Å²) in [5, 5.41) is 2.63. The predicted octanol–water partition coefficient (Wildman–Crippen LogP) is 2.03. The van der Waals surface area contributed by atoms with Crippen molar-refractivity contribution in [1.29, 1.82) is 0 Å². The lowest BCUT2D eigenvalue weighted by molar-refractivity contribution is 0.104. The molecule has 0 aliphatic rings. The summed E-state index contributed by atoms with van der Waals surface area (Å²) in [5.74, 6) is 1.18. The fraction of sp³-hybridized carbons (Fsp3) is 0.667. The quantitative estimate of drug-likeness (QED) is 0.815. The Kier molecular flexibility index (Phi) is 3.57. The summed E-state index contributed by atoms with van der Waals surface area (Å²) in [6.45, 7) is 5.27. The first-order valence-corrected chi connectivity index (χ1v) is 4.45. The number of aryl methyl sites for hydroxylation is 2. The number of halogens is 2. The monoisotopic (exact) mass is 204 g/mol. The summed E-state index contributed by atoms with van der Waals surface area (Å²) in [4.78, 5) is 4.07. The van der Waals surface area contributed by atoms with Crippen LogP contribution in [0.3, 0.4) is 0 Å². The molecule has 1 rings (SSSR count). The number of oxazole rings is 1. The average Bonchev–Trinajstić information content (AvgIpc) is 2.42. The Morgan fingerprint density at radius 2 is 2.07 bits per heavy atom. The zero-order valence-corrected chi connectivity index (χ0v) is 8.47. The molecule has 5 heteroatoms. The maximum absolute atomic E-state index is 12.1. The second kappa shape index (κ2) is 4.50. The topological polar surface area (TPSA) is 38.1 Å². The third kappa shape index (κ3) is 2.77. The van der Waals surface area contributed by atoms with Gasteiger partial charge in [0, 0.05) is 0 Å². The van der Waals surface area contributed by atoms with Crippen LogP contribution in [0.15, 0.2) is 4.42 Å². The van der Waals surface area contributed by atoms with Crippen molar-refractivity contribution in [3.63, 3.8) is 0 Å². The second-order valence-electron chi connectivity index (χ2n) is 3.25. The molecule has 3 nitrogen and oxygen atoms in total. The summed E-state index contributed by atoms with van der Waals surface area (Å²) in [5.41, 5.74) is 0.798. The average molecular weight is 204 g/mol. The fourth-order valence-electron chi connectivity index (χ4n) is 0.952. The van der Waals surface area contributed by atoms with Crippen LogP contribution in [0.2, 0.25) is 0 Å². The number of hydrogen-bond acceptors (Lipinski definition) is 3. The number of hydrogen-bond donors (Lipinski definition) is 1. The molecular formula is C9H14F2N2O. The normalized spacial score (nSPS) is 13.6. The molecule has 14 heavy (non-hydrogen) atoms. The Morgan fingerprint density at radius 3 is 2.50 bits per heavy atom. The lowest BCUT2D eigenvalue weighted by Gasteiger charge is -2.10. The Morgan fingerprint density at radius 1 is 1.43 bits per heavy atom. The first-order chi connectivity index (χ1) is 6.50. The molecule has 1 atom stereocenters. The third-order valence-electron chi connectivity index (χ3n) is 2.03. The Labute approximate surface area is 81.5 Å². The van der Waals surface area contributed by atoms with Crippen LogP contribution in [0, 0.1) is 13.8 Å². The number of alkyl halides is 2. The van der Waals surface area contributed by atoms with E-state index in [1.807, 2.05) is 6.92 Å². The van der Waals surface area contributed by atoms with E-state index in [4.69, 9.17) is 4.42 Å². The van der Waals surface area contributed by atoms with Gasteiger partial charge in [-0.3, -0.25) is 0 Å². The molecule has 0 aliphatic heterocycles. The van der Waals surface area contributed by atoms with Crippen LogP contribution in [0.4, 0.5) is 8.78 Å². The van der Waals surface area contributed by atoms with E-state index >= 15 is 0 Å². The number of nitrogens with one attached hydrogen (secondary N) is 1. The van der Waals surface area contributed by atoms with Gasteiger partial charge in [-0.25, -0.2) is 13.8 Å². The van der Waals surface area contributed by atoms with E-state index in [-0.39, 0.29) is 6.54 Å². The molecule has 0 saturated heterocycles. The fourth-order valence-corrected chi connectivity index (χ4v) is 0.952. The molecule has 0 amide bonds. The van der Waals surface area contributed by atoms with E-state index in [9.17, 15) is 8.78 Å². The molecule has 0 fully saturated rings. The van der Waals surface area contributed by atoms with E-state index in [1.165, 1.54) is 6.92 Å². The minimum absolute atomic E-state index is 0.236. The van der Waals surface area contributed by atoms with Crippen molar-refractivity contribution >= 4 is 0 Å². The number of nitrogens with zero attached hydrogens (tertiary/aromatic N) is 1. The molecular weight excluding hydrogens is 190 g/mol. The van der Waals surface area contributed by atoms with Crippen molar-refractivity contribution in [2.45, 2.75) is 39.8 Å². The Balaban J connectivity index is 2.46. The Hall–Kier alpha value is -0.970. The lowest BCUT2D eigenvalue weighted by atomic mass is 10.3. The van der Waals surface area contributed by atoms with Crippen molar-refractivity contribution in [1.82, 2.24) is 10.3 Å². The molecule has 0 bridgehead atoms. The summed E-state index contributed by atoms with van der Waals surface area (Å²) in [6.07, 6.45) is -2.37. The molecule has 1 aromatic rings. The summed E-state index contributed by atoms with van der Waals surface area (Å²) in [6, 6.07) is -0.845. The second-order valence-corrected chi connectivity index (χ2v) is 3.25. The van der Waals surface area contributed by atoms with Crippen LogP contribution in [0.5, 0.6) is 0 Å². The molecule has 0 aromatic carbocycles. The van der Waals surface area contributed by atoms with Gasteiger partial charge in [0.05, 0.1) is 18.3 Å². The largest absolute Gasteiger partial charge is 0.444 e. The van der Waals surface area contributed by atoms with Crippen LogP contribution in [0.25, 0.3) is 0 Å². The molecule has 1 heterocycles. The highest BCUT2D eigenvalue weighted by Gasteiger charge is 2.14. The zero-order valence-electron chi connectivity index (χ0n) is 8.47. The van der Waals surface area contributed by atoms with Gasteiger partial charge >= 0.3 is 0 Å². The van der Waals surface area contributed by atoms with E-state index in [2.05, 4.69) is 10.3 Å². The van der Waals surface area contributed by atoms with Gasteiger partial charge in [-0.15, -0.1) is 0 Å². The minimum Gasteiger partial charge on any atom is -0.444 e. The smallest absolute Gasteiger partial charge is 0.253 e. The van der Waals surface area contributed by atoms with Gasteiger partial charge in [0.2, 0.25) is 5.89 Å². The predicted molar refractivity (Wildman–Crippen MR) is 48.3 cm³/mol. The van der Waals surface area contributed by atoms with E-state index in [1.54, 1.807) is 6.92 Å². The van der Waals surface area contributed by atoms with E-state index in [0.717, 1.165) is 11.5 Å². The van der Waals surface area contributed by atoms with Crippen LogP contribution in [-0.4, -0.2) is 17.5 Å². The van der Waals surface area contributed by atoms with Crippen LogP contribution in [-0.2, 0) is 6.54 Å². The maximum Gasteiger partial charge on any atom is 0.253 e. The van der Waals surface area contributed by atoms with E-state index in [0.29, 0.717) is 5.89 Å². The number of aromatic nitrogens is 1. The molecule has 0 aliphatic carbocycles. The van der Waals surface area contributed by atoms with Crippen LogP contribution < -0.4 is 5.32 Å². The van der Waals surface area contributed by atoms with Gasteiger partial charge in [0.15, 0.2) is 0 Å². The molecule has 0 spiro atoms. The standard InChI is InChI=1S/C9H14F2N2O/c1-5-7(3)14-8(13-5)4-12-6(2)9(10)11/h6,9,12H,4H2,1-3H3. The zero-order chi connectivity index (χ0) is 10.7. The van der Waals surface area contributed by atoms with Gasteiger partial charge in [0.1, 0.15) is 5.76 Å². The maximum atomic E-state index is 12.1. The molecule has 1 N–H and O–H groups in total. The van der Waals surface area contributed by atoms with Crippen LogP contribution >= 0.6 is 0 Å². The number of rotatable bonds is 4. The van der Waals surface area contributed by atoms with Crippen LogP contribution in [0.1, 0.15) is 24.3 Å². The van der Waals surface area contributed by atoms with E-state index < -0.39 is 12.5 Å². The van der Waals surface area contributed by atoms with Crippen molar-refractivity contribution in [2.24, 2.45) is 0 Å². The van der Waals surface area contributed by atoms with Crippen molar-refractivity contribution in [3.05, 3.63) is 17.3 Å². The van der Waals surface area contributed by atoms with Gasteiger partial charge in [-0.2, -0.15) is 0 Å². The molecule has 1 unspecified atom stereocenters. The molecule has 0 radical (unpaired) electrons. The molecule has 1 aromatic heterocycles. The van der Waals surface area contributed by atoms with Crippen molar-refractivity contribution in [2.75, 3.05) is 0 Å². The van der Waals surface area contributed by atoms with Gasteiger partial charge in [0.25, 0.3) is 6.43 Å². The summed E-state index contributed by atoms with van der Waals surface area (Å²) >= 11 is 0. The highest BCUT2D eigenvalue weighted by Crippen LogP contribution is 2.08. The highest BCUT2D eigenvalue weighted by atomic mass is 19.3. The van der Waals surface area contributed by atoms with Gasteiger partial charge < -0.3 is 9.73 Å². The minimum atomic E-state index is -2.37. The molecule has 0 saturated carbocycles. The first-order valence-electron chi connectivity index (χ1n) is 4.45. The summed E-state index contributed by atoms with van der Waals surface area (Å²) in [7, 11) is 0. The first kappa shape index (κ1) is 11.1. The lowest BCUT2D eigenvalue weighted by Crippen LogP contribution is -2.32. The Bertz CT molecular complexity index is 280. The molecule has 80 valence electrons. The summed E-state index contributed by atoms with van der Waals surface area (Å²) < 4.78 is 29.4. The van der Waals surface area contributed by atoms with Gasteiger partial charge in [-0.05, 0) is 20.8 Å². The SMILES string of the molecule is Cc1nc(CNC(C)C(F)F)oc1C. The van der Waals surface area contributed by atoms with Gasteiger partial charge in [-0.1, -0.05) is 0 Å². The van der Waals surface area contributed by atoms with Crippen molar-refractivity contribution in [3.8, 4) is 0 Å². The highest BCUT2D eigenvalue weighted by molar-refractivity contribution is 5.05. The van der Waals surface area contributed by atoms with Crippen molar-refractivity contribution < 1.29 is 13.2 Å². The third-order valence-corrected chi connectivity index (χ3v) is 2.03.